The minimum Gasteiger partial charge on any atom is -0.326 e. The maximum Gasteiger partial charge on any atom is 0.416 e. The van der Waals surface area contributed by atoms with Gasteiger partial charge in [-0.3, -0.25) is 4.90 Å². The van der Waals surface area contributed by atoms with E-state index < -0.39 is 23.4 Å². The molecule has 0 radical (unpaired) electrons. The molecule has 5 rings (SSSR count). The number of rotatable bonds is 11. The van der Waals surface area contributed by atoms with Crippen molar-refractivity contribution in [1.82, 2.24) is 14.5 Å². The van der Waals surface area contributed by atoms with Gasteiger partial charge in [0.2, 0.25) is 0 Å². The molecule has 222 valence electrons. The Morgan fingerprint density at radius 3 is 1.95 bits per heavy atom. The molecular weight excluding hydrogens is 557 g/mol. The molecule has 0 saturated carbocycles. The van der Waals surface area contributed by atoms with Crippen LogP contribution in [0.25, 0.3) is 22.6 Å². The summed E-state index contributed by atoms with van der Waals surface area (Å²) in [5.74, 6) is -0.629. The van der Waals surface area contributed by atoms with Crippen molar-refractivity contribution in [2.45, 2.75) is 52.1 Å². The maximum atomic E-state index is 14.2. The van der Waals surface area contributed by atoms with E-state index in [9.17, 15) is 22.0 Å². The van der Waals surface area contributed by atoms with Crippen LogP contribution >= 0.6 is 0 Å². The number of aromatic nitrogens is 2. The summed E-state index contributed by atoms with van der Waals surface area (Å²) >= 11 is 0. The van der Waals surface area contributed by atoms with Gasteiger partial charge in [0.05, 0.1) is 17.0 Å². The van der Waals surface area contributed by atoms with Gasteiger partial charge in [-0.05, 0) is 35.7 Å². The first kappa shape index (κ1) is 30.2. The van der Waals surface area contributed by atoms with E-state index in [0.29, 0.717) is 17.7 Å². The van der Waals surface area contributed by atoms with E-state index in [1.165, 1.54) is 18.2 Å². The second kappa shape index (κ2) is 13.3. The summed E-state index contributed by atoms with van der Waals surface area (Å²) in [6.45, 7) is 3.30. The van der Waals surface area contributed by atoms with Crippen LogP contribution in [0.5, 0.6) is 0 Å². The number of hydrogen-bond donors (Lipinski definition) is 0. The van der Waals surface area contributed by atoms with E-state index in [1.807, 2.05) is 65.6 Å². The highest BCUT2D eigenvalue weighted by Gasteiger charge is 2.30. The van der Waals surface area contributed by atoms with Crippen LogP contribution < -0.4 is 0 Å². The minimum atomic E-state index is -4.49. The van der Waals surface area contributed by atoms with Gasteiger partial charge in [0, 0.05) is 43.4 Å². The lowest BCUT2D eigenvalue weighted by Gasteiger charge is -2.25. The quantitative estimate of drug-likeness (QED) is 0.143. The fourth-order valence-corrected chi connectivity index (χ4v) is 5.28. The molecular formula is C35H32F5N3. The molecule has 0 spiro atoms. The normalized spacial score (nSPS) is 11.8. The van der Waals surface area contributed by atoms with Crippen LogP contribution in [0.15, 0.2) is 103 Å². The van der Waals surface area contributed by atoms with E-state index in [-0.39, 0.29) is 19.6 Å². The molecule has 0 atom stereocenters. The Bertz CT molecular complexity index is 1630. The monoisotopic (exact) mass is 589 g/mol. The van der Waals surface area contributed by atoms with Gasteiger partial charge >= 0.3 is 6.18 Å². The van der Waals surface area contributed by atoms with Crippen LogP contribution in [0.1, 0.15) is 42.1 Å². The van der Waals surface area contributed by atoms with Crippen molar-refractivity contribution < 1.29 is 22.0 Å². The molecule has 0 bridgehead atoms. The molecule has 1 aromatic heterocycles. The Balaban J connectivity index is 1.63. The molecule has 3 nitrogen and oxygen atoms in total. The third-order valence-electron chi connectivity index (χ3n) is 7.25. The number of imidazole rings is 1. The van der Waals surface area contributed by atoms with Crippen molar-refractivity contribution >= 4 is 0 Å². The third-order valence-corrected chi connectivity index (χ3v) is 7.25. The highest BCUT2D eigenvalue weighted by Crippen LogP contribution is 2.33. The number of halogens is 5. The molecule has 0 aliphatic carbocycles. The Hall–Kier alpha value is -4.30. The zero-order chi connectivity index (χ0) is 30.4. The molecule has 0 aliphatic heterocycles. The lowest BCUT2D eigenvalue weighted by atomic mass is 10.1. The zero-order valence-corrected chi connectivity index (χ0v) is 23.8. The van der Waals surface area contributed by atoms with E-state index in [4.69, 9.17) is 4.98 Å². The van der Waals surface area contributed by atoms with Crippen LogP contribution in [-0.2, 0) is 32.4 Å². The van der Waals surface area contributed by atoms with Crippen molar-refractivity contribution in [3.8, 4) is 22.6 Å². The molecule has 0 N–H and O–H groups in total. The minimum absolute atomic E-state index is 0.110. The van der Waals surface area contributed by atoms with Crippen molar-refractivity contribution in [2.24, 2.45) is 0 Å². The first-order valence-electron chi connectivity index (χ1n) is 14.2. The first-order valence-corrected chi connectivity index (χ1v) is 14.2. The fourth-order valence-electron chi connectivity index (χ4n) is 5.28. The van der Waals surface area contributed by atoms with Gasteiger partial charge in [-0.1, -0.05) is 92.2 Å². The summed E-state index contributed by atoms with van der Waals surface area (Å²) in [6.07, 6.45) is -2.65. The molecule has 43 heavy (non-hydrogen) atoms. The van der Waals surface area contributed by atoms with Crippen LogP contribution in [0, 0.1) is 11.6 Å². The van der Waals surface area contributed by atoms with Gasteiger partial charge in [0.1, 0.15) is 17.5 Å². The molecule has 0 amide bonds. The second-order valence-corrected chi connectivity index (χ2v) is 10.6. The molecule has 5 aromatic rings. The zero-order valence-electron chi connectivity index (χ0n) is 23.8. The maximum absolute atomic E-state index is 14.2. The largest absolute Gasteiger partial charge is 0.416 e. The van der Waals surface area contributed by atoms with Gasteiger partial charge < -0.3 is 4.57 Å². The average Bonchev–Trinajstić information content (AvgIpc) is 3.34. The smallest absolute Gasteiger partial charge is 0.326 e. The molecule has 1 heterocycles. The Kier molecular flexibility index (Phi) is 9.36. The predicted molar refractivity (Wildman–Crippen MR) is 159 cm³/mol. The van der Waals surface area contributed by atoms with Crippen molar-refractivity contribution in [3.63, 3.8) is 0 Å². The van der Waals surface area contributed by atoms with Crippen molar-refractivity contribution in [1.29, 1.82) is 0 Å². The van der Waals surface area contributed by atoms with E-state index in [1.54, 1.807) is 6.07 Å². The van der Waals surface area contributed by atoms with Crippen molar-refractivity contribution in [2.75, 3.05) is 0 Å². The summed E-state index contributed by atoms with van der Waals surface area (Å²) < 4.78 is 71.2. The second-order valence-electron chi connectivity index (χ2n) is 10.6. The standard InChI is InChI=1S/C35H32F5N3/c1-2-3-17-43-32(33(27-12-6-4-7-13-27)41-34(43)28-14-8-5-9-15-28)24-42(23-26-19-30(36)21-31(37)20-26)22-25-11-10-16-29(18-25)35(38,39)40/h4-16,18-21H,2-3,17,22-24H2,1H3. The molecule has 0 fully saturated rings. The molecule has 0 saturated heterocycles. The number of alkyl halides is 3. The SMILES string of the molecule is CCCCn1c(-c2ccccc2)nc(-c2ccccc2)c1CN(Cc1cc(F)cc(F)c1)Cc1cccc(C(F)(F)F)c1. The summed E-state index contributed by atoms with van der Waals surface area (Å²) in [5, 5.41) is 0. The number of unbranched alkanes of at least 4 members (excludes halogenated alkanes) is 1. The fraction of sp³-hybridized carbons (Fsp3) is 0.229. The third kappa shape index (κ3) is 7.56. The predicted octanol–water partition coefficient (Wildman–Crippen LogP) is 9.52. The summed E-state index contributed by atoms with van der Waals surface area (Å²) in [7, 11) is 0. The molecule has 0 aliphatic rings. The van der Waals surface area contributed by atoms with Crippen LogP contribution in [0.3, 0.4) is 0 Å². The summed E-state index contributed by atoms with van der Waals surface area (Å²) in [5.41, 5.74) is 3.56. The van der Waals surface area contributed by atoms with E-state index in [2.05, 4.69) is 11.5 Å². The summed E-state index contributed by atoms with van der Waals surface area (Å²) in [4.78, 5) is 7.02. The number of hydrogen-bond acceptors (Lipinski definition) is 2. The highest BCUT2D eigenvalue weighted by molar-refractivity contribution is 5.68. The Morgan fingerprint density at radius 2 is 1.33 bits per heavy atom. The lowest BCUT2D eigenvalue weighted by molar-refractivity contribution is -0.137. The van der Waals surface area contributed by atoms with E-state index >= 15 is 0 Å². The number of nitrogens with zero attached hydrogens (tertiary/aromatic N) is 3. The molecule has 4 aromatic carbocycles. The Labute approximate surface area is 248 Å². The van der Waals surface area contributed by atoms with Gasteiger partial charge in [-0.25, -0.2) is 13.8 Å². The topological polar surface area (TPSA) is 21.1 Å². The molecule has 0 unspecified atom stereocenters. The van der Waals surface area contributed by atoms with Gasteiger partial charge in [-0.15, -0.1) is 0 Å². The number of benzene rings is 4. The lowest BCUT2D eigenvalue weighted by Crippen LogP contribution is -2.25. The average molecular weight is 590 g/mol. The first-order chi connectivity index (χ1) is 20.7. The summed E-state index contributed by atoms with van der Waals surface area (Å²) in [6, 6.07) is 28.1. The van der Waals surface area contributed by atoms with Gasteiger partial charge in [0.25, 0.3) is 0 Å². The van der Waals surface area contributed by atoms with E-state index in [0.717, 1.165) is 59.4 Å². The van der Waals surface area contributed by atoms with Crippen LogP contribution in [0.4, 0.5) is 22.0 Å². The van der Waals surface area contributed by atoms with Crippen molar-refractivity contribution in [3.05, 3.63) is 137 Å². The highest BCUT2D eigenvalue weighted by atomic mass is 19.4. The van der Waals surface area contributed by atoms with Gasteiger partial charge in [-0.2, -0.15) is 13.2 Å². The van der Waals surface area contributed by atoms with Gasteiger partial charge in [0.15, 0.2) is 0 Å². The van der Waals surface area contributed by atoms with Crippen LogP contribution in [-0.4, -0.2) is 14.5 Å². The molecule has 8 heteroatoms. The van der Waals surface area contributed by atoms with Crippen LogP contribution in [0.2, 0.25) is 0 Å². The Morgan fingerprint density at radius 1 is 0.698 bits per heavy atom.